The maximum absolute atomic E-state index is 9.00. The molecular weight excluding hydrogens is 113 g/mol. The van der Waals surface area contributed by atoms with E-state index in [1.165, 1.54) is 0 Å². The Labute approximate surface area is 62.2 Å². The van der Waals surface area contributed by atoms with Gasteiger partial charge in [0.2, 0.25) is 0 Å². The van der Waals surface area contributed by atoms with Crippen LogP contribution in [0.15, 0.2) is 0 Å². The third-order valence-corrected chi connectivity index (χ3v) is 0.156. The molecule has 0 aliphatic rings. The van der Waals surface area contributed by atoms with Gasteiger partial charge >= 0.3 is 35.7 Å². The van der Waals surface area contributed by atoms with Crippen molar-refractivity contribution in [1.82, 2.24) is 0 Å². The summed E-state index contributed by atoms with van der Waals surface area (Å²) in [4.78, 5) is 16.5. The number of hydrogen-bond acceptors (Lipinski definition) is 3. The fourth-order valence-electron chi connectivity index (χ4n) is 0. The van der Waals surface area contributed by atoms with Gasteiger partial charge in [-0.3, -0.25) is 10.1 Å². The van der Waals surface area contributed by atoms with Crippen molar-refractivity contribution < 1.29 is 45.8 Å². The van der Waals surface area contributed by atoms with Crippen LogP contribution in [-0.4, -0.2) is 16.1 Å². The molecule has 0 aromatic carbocycles. The van der Waals surface area contributed by atoms with Crippen molar-refractivity contribution >= 4 is 6.09 Å². The number of nitrogens with zero attached hydrogens (tertiary/aromatic N) is 1. The molecule has 0 aromatic heterocycles. The molecule has 0 bridgehead atoms. The molecule has 5 nitrogen and oxygen atoms in total. The van der Waals surface area contributed by atoms with Crippen LogP contribution in [0.1, 0.15) is 1.43 Å². The summed E-state index contributed by atoms with van der Waals surface area (Å²) in [6.07, 6.45) is -2.02. The summed E-state index contributed by atoms with van der Waals surface area (Å²) in [5.41, 5.74) is 0. The van der Waals surface area contributed by atoms with Crippen LogP contribution in [0.5, 0.6) is 0 Å². The van der Waals surface area contributed by atoms with Gasteiger partial charge in [0.05, 0.1) is 0 Å². The Kier molecular flexibility index (Phi) is 5.76. The van der Waals surface area contributed by atoms with E-state index >= 15 is 0 Å². The van der Waals surface area contributed by atoms with E-state index in [0.29, 0.717) is 0 Å². The number of nitro groups is 1. The van der Waals surface area contributed by atoms with Gasteiger partial charge in [-0.15, -0.1) is 0 Å². The first kappa shape index (κ1) is 9.98. The van der Waals surface area contributed by atoms with E-state index in [-0.39, 0.29) is 31.0 Å². The number of rotatable bonds is 0. The van der Waals surface area contributed by atoms with E-state index in [1.54, 1.807) is 0 Å². The normalized spacial score (nSPS) is 6.29. The van der Waals surface area contributed by atoms with Gasteiger partial charge in [0, 0.05) is 0 Å². The van der Waals surface area contributed by atoms with Gasteiger partial charge in [-0.05, 0) is 0 Å². The number of carbonyl (C=O) groups is 1. The maximum atomic E-state index is 9.00. The second kappa shape index (κ2) is 4.04. The van der Waals surface area contributed by atoms with E-state index in [4.69, 9.17) is 20.0 Å². The summed E-state index contributed by atoms with van der Waals surface area (Å²) in [6, 6.07) is 0. The Hall–Kier alpha value is -0.130. The maximum Gasteiger partial charge on any atom is 1.00 e. The quantitative estimate of drug-likeness (QED) is 0.208. The van der Waals surface area contributed by atoms with Crippen molar-refractivity contribution in [3.05, 3.63) is 10.1 Å². The van der Waals surface area contributed by atoms with Crippen LogP contribution >= 0.6 is 0 Å². The van der Waals surface area contributed by atoms with Crippen LogP contribution < -0.4 is 29.6 Å². The molecule has 6 heteroatoms. The molecule has 0 spiro atoms. The van der Waals surface area contributed by atoms with Crippen molar-refractivity contribution in [2.45, 2.75) is 0 Å². The molecule has 0 atom stereocenters. The first-order valence-electron chi connectivity index (χ1n) is 1.02. The Morgan fingerprint density at radius 1 is 1.86 bits per heavy atom. The Bertz CT molecular complexity index is 82.0. The molecule has 7 heavy (non-hydrogen) atoms. The zero-order valence-electron chi connectivity index (χ0n) is 4.62. The van der Waals surface area contributed by atoms with Gasteiger partial charge in [0.15, 0.2) is 0 Å². The fraction of sp³-hybridized carbons (Fsp3) is 0. The van der Waals surface area contributed by atoms with Gasteiger partial charge in [0.25, 0.3) is 0 Å². The molecule has 0 aromatic rings. The number of amides is 1. The SMILES string of the molecule is O=C(O)[N+](=O)[O-].[H-].[Na+]. The average Bonchev–Trinajstić information content (AvgIpc) is 1.36. The van der Waals surface area contributed by atoms with E-state index in [1.807, 2.05) is 0 Å². The Morgan fingerprint density at radius 2 is 2.00 bits per heavy atom. The van der Waals surface area contributed by atoms with Crippen molar-refractivity contribution in [3.63, 3.8) is 0 Å². The van der Waals surface area contributed by atoms with Gasteiger partial charge in [0.1, 0.15) is 4.92 Å². The monoisotopic (exact) mass is 115 g/mol. The van der Waals surface area contributed by atoms with Crippen molar-refractivity contribution in [2.75, 3.05) is 0 Å². The largest absolute Gasteiger partial charge is 1.00 e. The predicted molar refractivity (Wildman–Crippen MR) is 16.1 cm³/mol. The molecule has 0 rings (SSSR count). The molecule has 0 saturated carbocycles. The topological polar surface area (TPSA) is 80.4 Å². The van der Waals surface area contributed by atoms with Crippen molar-refractivity contribution in [1.29, 1.82) is 0 Å². The minimum atomic E-state index is -2.02. The number of carboxylic acid groups (broad SMARTS) is 1. The van der Waals surface area contributed by atoms with Crippen LogP contribution in [0.4, 0.5) is 4.79 Å². The summed E-state index contributed by atoms with van der Waals surface area (Å²) in [5, 5.41) is 16.2. The summed E-state index contributed by atoms with van der Waals surface area (Å²) in [7, 11) is 0. The standard InChI is InChI=1S/CHNO4.Na.H/c3-1(4)2(5)6;;/h(H,3,4);;/q;+1;-1. The second-order valence-corrected chi connectivity index (χ2v) is 0.540. The molecule has 0 saturated heterocycles. The fourth-order valence-corrected chi connectivity index (χ4v) is 0. The zero-order valence-corrected chi connectivity index (χ0v) is 5.62. The van der Waals surface area contributed by atoms with E-state index in [2.05, 4.69) is 0 Å². The van der Waals surface area contributed by atoms with Gasteiger partial charge in [-0.1, -0.05) is 0 Å². The van der Waals surface area contributed by atoms with Gasteiger partial charge in [-0.2, -0.15) is 4.79 Å². The molecule has 1 amide bonds. The predicted octanol–water partition coefficient (Wildman–Crippen LogP) is -2.94. The molecule has 0 aliphatic heterocycles. The minimum absolute atomic E-state index is 0. The molecule has 1 N–H and O–H groups in total. The minimum Gasteiger partial charge on any atom is -1.00 e. The molecule has 0 unspecified atom stereocenters. The first-order valence-corrected chi connectivity index (χ1v) is 1.02. The van der Waals surface area contributed by atoms with Crippen LogP contribution in [0.2, 0.25) is 0 Å². The molecule has 0 aliphatic carbocycles. The summed E-state index contributed by atoms with van der Waals surface area (Å²) >= 11 is 0. The zero-order chi connectivity index (χ0) is 5.15. The molecule has 0 radical (unpaired) electrons. The second-order valence-electron chi connectivity index (χ2n) is 0.540. The Morgan fingerprint density at radius 3 is 2.00 bits per heavy atom. The number of hydrogen-bond donors (Lipinski definition) is 1. The first-order chi connectivity index (χ1) is 2.64. The molecule has 36 valence electrons. The summed E-state index contributed by atoms with van der Waals surface area (Å²) in [6.45, 7) is 0. The Balaban J connectivity index is -0.000000125. The van der Waals surface area contributed by atoms with Gasteiger partial charge in [-0.25, -0.2) is 0 Å². The van der Waals surface area contributed by atoms with Crippen LogP contribution in [-0.2, 0) is 0 Å². The smallest absolute Gasteiger partial charge is 1.00 e. The molecular formula is CH2NNaO4. The van der Waals surface area contributed by atoms with Crippen LogP contribution in [0, 0.1) is 10.1 Å². The van der Waals surface area contributed by atoms with Crippen LogP contribution in [0.25, 0.3) is 0 Å². The van der Waals surface area contributed by atoms with Crippen molar-refractivity contribution in [2.24, 2.45) is 0 Å². The third kappa shape index (κ3) is 5.87. The average molecular weight is 115 g/mol. The van der Waals surface area contributed by atoms with E-state index in [9.17, 15) is 0 Å². The summed E-state index contributed by atoms with van der Waals surface area (Å²) < 4.78 is 0. The molecule has 0 fully saturated rings. The molecule has 0 heterocycles. The van der Waals surface area contributed by atoms with Gasteiger partial charge < -0.3 is 6.53 Å². The van der Waals surface area contributed by atoms with Crippen LogP contribution in [0.3, 0.4) is 0 Å². The van der Waals surface area contributed by atoms with E-state index < -0.39 is 11.0 Å². The third-order valence-electron chi connectivity index (χ3n) is 0.156. The summed E-state index contributed by atoms with van der Waals surface area (Å²) in [5.74, 6) is 0. The van der Waals surface area contributed by atoms with E-state index in [0.717, 1.165) is 0 Å². The van der Waals surface area contributed by atoms with Crippen molar-refractivity contribution in [3.8, 4) is 0 Å².